The number of hydrogen-bond donors (Lipinski definition) is 1. The fraction of sp³-hybridized carbons (Fsp3) is 0.562. The third-order valence-corrected chi connectivity index (χ3v) is 5.52. The molecule has 1 N–H and O–H groups in total. The fourth-order valence-electron chi connectivity index (χ4n) is 3.13. The third-order valence-electron chi connectivity index (χ3n) is 4.30. The standard InChI is InChI=1S/C16H22N2S/c1-11(13-7-3-4-8-13)17-12(2)16-18-14-9-5-6-10-15(14)19-16/h5-6,9-13,17H,3-4,7-8H2,1-2H3/t11-,12?/m0/s1. The Morgan fingerprint density at radius 1 is 1.21 bits per heavy atom. The summed E-state index contributed by atoms with van der Waals surface area (Å²) < 4.78 is 1.29. The van der Waals surface area contributed by atoms with Gasteiger partial charge in [0.05, 0.1) is 16.3 Å². The number of nitrogens with one attached hydrogen (secondary N) is 1. The van der Waals surface area contributed by atoms with Gasteiger partial charge in [0.15, 0.2) is 0 Å². The van der Waals surface area contributed by atoms with Gasteiger partial charge in [-0.25, -0.2) is 4.98 Å². The van der Waals surface area contributed by atoms with Crippen molar-refractivity contribution >= 4 is 21.6 Å². The number of thiazole rings is 1. The van der Waals surface area contributed by atoms with Crippen molar-refractivity contribution in [1.82, 2.24) is 10.3 Å². The van der Waals surface area contributed by atoms with Crippen LogP contribution in [0.25, 0.3) is 10.2 Å². The quantitative estimate of drug-likeness (QED) is 0.886. The topological polar surface area (TPSA) is 24.9 Å². The van der Waals surface area contributed by atoms with E-state index in [0.29, 0.717) is 12.1 Å². The van der Waals surface area contributed by atoms with Crippen LogP contribution >= 0.6 is 11.3 Å². The van der Waals surface area contributed by atoms with Gasteiger partial charge in [-0.2, -0.15) is 0 Å². The molecule has 1 aliphatic rings. The molecule has 1 aliphatic carbocycles. The minimum absolute atomic E-state index is 0.355. The molecule has 1 aromatic heterocycles. The van der Waals surface area contributed by atoms with E-state index in [-0.39, 0.29) is 0 Å². The maximum Gasteiger partial charge on any atom is 0.111 e. The van der Waals surface area contributed by atoms with Crippen LogP contribution in [0.1, 0.15) is 50.6 Å². The highest BCUT2D eigenvalue weighted by Gasteiger charge is 2.23. The van der Waals surface area contributed by atoms with Gasteiger partial charge in [-0.3, -0.25) is 0 Å². The molecule has 2 aromatic rings. The van der Waals surface area contributed by atoms with E-state index in [1.54, 1.807) is 0 Å². The first kappa shape index (κ1) is 13.1. The first-order valence-corrected chi connectivity index (χ1v) is 8.17. The Morgan fingerprint density at radius 2 is 1.95 bits per heavy atom. The van der Waals surface area contributed by atoms with Crippen molar-refractivity contribution in [3.05, 3.63) is 29.3 Å². The molecule has 2 atom stereocenters. The van der Waals surface area contributed by atoms with Crippen molar-refractivity contribution in [3.8, 4) is 0 Å². The highest BCUT2D eigenvalue weighted by molar-refractivity contribution is 7.18. The smallest absolute Gasteiger partial charge is 0.111 e. The van der Waals surface area contributed by atoms with Crippen LogP contribution in [0.5, 0.6) is 0 Å². The number of benzene rings is 1. The van der Waals surface area contributed by atoms with E-state index >= 15 is 0 Å². The molecule has 0 spiro atoms. The van der Waals surface area contributed by atoms with Gasteiger partial charge in [-0.05, 0) is 44.7 Å². The number of fused-ring (bicyclic) bond motifs is 1. The molecule has 19 heavy (non-hydrogen) atoms. The second kappa shape index (κ2) is 5.59. The Morgan fingerprint density at radius 3 is 2.68 bits per heavy atom. The molecule has 1 fully saturated rings. The molecule has 0 bridgehead atoms. The van der Waals surface area contributed by atoms with Gasteiger partial charge in [0.2, 0.25) is 0 Å². The predicted octanol–water partition coefficient (Wildman–Crippen LogP) is 4.53. The van der Waals surface area contributed by atoms with E-state index in [4.69, 9.17) is 4.98 Å². The predicted molar refractivity (Wildman–Crippen MR) is 82.6 cm³/mol. The van der Waals surface area contributed by atoms with Crippen molar-refractivity contribution in [3.63, 3.8) is 0 Å². The van der Waals surface area contributed by atoms with E-state index < -0.39 is 0 Å². The molecule has 1 heterocycles. The van der Waals surface area contributed by atoms with E-state index in [9.17, 15) is 0 Å². The van der Waals surface area contributed by atoms with E-state index in [2.05, 4.69) is 43.4 Å². The molecule has 0 radical (unpaired) electrons. The first-order chi connectivity index (χ1) is 9.24. The lowest BCUT2D eigenvalue weighted by atomic mass is 9.99. The van der Waals surface area contributed by atoms with Crippen molar-refractivity contribution in [2.75, 3.05) is 0 Å². The van der Waals surface area contributed by atoms with Crippen LogP contribution in [0.3, 0.4) is 0 Å². The first-order valence-electron chi connectivity index (χ1n) is 7.35. The molecule has 1 saturated carbocycles. The molecular weight excluding hydrogens is 252 g/mol. The number of rotatable bonds is 4. The molecule has 0 aliphatic heterocycles. The van der Waals surface area contributed by atoms with Crippen LogP contribution in [0.4, 0.5) is 0 Å². The largest absolute Gasteiger partial charge is 0.305 e. The molecule has 0 amide bonds. The van der Waals surface area contributed by atoms with Gasteiger partial charge in [0, 0.05) is 6.04 Å². The third kappa shape index (κ3) is 2.82. The zero-order chi connectivity index (χ0) is 13.2. The summed E-state index contributed by atoms with van der Waals surface area (Å²) in [5, 5.41) is 4.96. The zero-order valence-corrected chi connectivity index (χ0v) is 12.5. The molecule has 0 saturated heterocycles. The van der Waals surface area contributed by atoms with Crippen LogP contribution in [-0.4, -0.2) is 11.0 Å². The van der Waals surface area contributed by atoms with E-state index in [0.717, 1.165) is 11.4 Å². The van der Waals surface area contributed by atoms with Gasteiger partial charge in [-0.15, -0.1) is 11.3 Å². The number of para-hydroxylation sites is 1. The Balaban J connectivity index is 1.70. The number of hydrogen-bond acceptors (Lipinski definition) is 3. The van der Waals surface area contributed by atoms with Crippen molar-refractivity contribution in [2.45, 2.75) is 51.6 Å². The molecule has 102 valence electrons. The average molecular weight is 274 g/mol. The number of aromatic nitrogens is 1. The fourth-order valence-corrected chi connectivity index (χ4v) is 4.11. The van der Waals surface area contributed by atoms with Gasteiger partial charge >= 0.3 is 0 Å². The number of nitrogens with zero attached hydrogens (tertiary/aromatic N) is 1. The van der Waals surface area contributed by atoms with Crippen molar-refractivity contribution < 1.29 is 0 Å². The molecule has 1 aromatic carbocycles. The molecular formula is C16H22N2S. The Kier molecular flexibility index (Phi) is 3.85. The van der Waals surface area contributed by atoms with Crippen LogP contribution in [0.2, 0.25) is 0 Å². The lowest BCUT2D eigenvalue weighted by Gasteiger charge is -2.23. The average Bonchev–Trinajstić information content (AvgIpc) is 3.07. The SMILES string of the molecule is CC(N[C@@H](C)C1CCCC1)c1nc2ccccc2s1. The van der Waals surface area contributed by atoms with Crippen LogP contribution in [-0.2, 0) is 0 Å². The Hall–Kier alpha value is -0.930. The molecule has 3 heteroatoms. The summed E-state index contributed by atoms with van der Waals surface area (Å²) in [6, 6.07) is 9.36. The summed E-state index contributed by atoms with van der Waals surface area (Å²) in [6.07, 6.45) is 5.60. The van der Waals surface area contributed by atoms with Gasteiger partial charge in [-0.1, -0.05) is 25.0 Å². The normalized spacial score (nSPS) is 19.9. The molecule has 1 unspecified atom stereocenters. The summed E-state index contributed by atoms with van der Waals surface area (Å²) in [7, 11) is 0. The second-order valence-electron chi connectivity index (χ2n) is 5.74. The Labute approximate surface area is 119 Å². The summed E-state index contributed by atoms with van der Waals surface area (Å²) in [5.41, 5.74) is 1.13. The minimum atomic E-state index is 0.355. The van der Waals surface area contributed by atoms with Crippen molar-refractivity contribution in [1.29, 1.82) is 0 Å². The summed E-state index contributed by atoms with van der Waals surface area (Å²) in [4.78, 5) is 4.75. The minimum Gasteiger partial charge on any atom is -0.305 e. The lowest BCUT2D eigenvalue weighted by Crippen LogP contribution is -2.34. The maximum atomic E-state index is 4.75. The Bertz CT molecular complexity index is 509. The van der Waals surface area contributed by atoms with Crippen LogP contribution in [0, 0.1) is 5.92 Å². The summed E-state index contributed by atoms with van der Waals surface area (Å²) in [6.45, 7) is 4.57. The van der Waals surface area contributed by atoms with E-state index in [1.165, 1.54) is 35.4 Å². The van der Waals surface area contributed by atoms with Gasteiger partial charge in [0.25, 0.3) is 0 Å². The summed E-state index contributed by atoms with van der Waals surface area (Å²) >= 11 is 1.82. The van der Waals surface area contributed by atoms with Gasteiger partial charge < -0.3 is 5.32 Å². The highest BCUT2D eigenvalue weighted by Crippen LogP contribution is 2.30. The summed E-state index contributed by atoms with van der Waals surface area (Å²) in [5.74, 6) is 0.858. The van der Waals surface area contributed by atoms with Crippen LogP contribution < -0.4 is 5.32 Å². The molecule has 2 nitrogen and oxygen atoms in total. The zero-order valence-electron chi connectivity index (χ0n) is 11.7. The lowest BCUT2D eigenvalue weighted by molar-refractivity contribution is 0.352. The van der Waals surface area contributed by atoms with Gasteiger partial charge in [0.1, 0.15) is 5.01 Å². The van der Waals surface area contributed by atoms with Crippen molar-refractivity contribution in [2.24, 2.45) is 5.92 Å². The highest BCUT2D eigenvalue weighted by atomic mass is 32.1. The molecule has 3 rings (SSSR count). The maximum absolute atomic E-state index is 4.75. The monoisotopic (exact) mass is 274 g/mol. The van der Waals surface area contributed by atoms with E-state index in [1.807, 2.05) is 11.3 Å². The second-order valence-corrected chi connectivity index (χ2v) is 6.80. The van der Waals surface area contributed by atoms with Crippen LogP contribution in [0.15, 0.2) is 24.3 Å².